The summed E-state index contributed by atoms with van der Waals surface area (Å²) in [6.07, 6.45) is 6.07. The number of rotatable bonds is 7. The number of anilines is 1. The van der Waals surface area contributed by atoms with Crippen molar-refractivity contribution in [2.75, 3.05) is 4.90 Å². The van der Waals surface area contributed by atoms with Crippen molar-refractivity contribution in [1.29, 1.82) is 0 Å². The van der Waals surface area contributed by atoms with Gasteiger partial charge in [-0.25, -0.2) is 0 Å². The molecule has 3 aromatic rings. The SMILES string of the molecule is Cc1nn(C)c(/C=C/N(/C=C/c2c([N+](=O)[O-])c(C)nn2C)c2cc(Cl)ccc2Cl)c1[N+](=O)[O-]. The summed E-state index contributed by atoms with van der Waals surface area (Å²) in [6, 6.07) is 4.81. The molecule has 172 valence electrons. The van der Waals surface area contributed by atoms with Gasteiger partial charge in [0.25, 0.3) is 0 Å². The van der Waals surface area contributed by atoms with E-state index in [9.17, 15) is 20.2 Å². The zero-order valence-electron chi connectivity index (χ0n) is 18.1. The molecule has 0 fully saturated rings. The first-order chi connectivity index (χ1) is 15.5. The third kappa shape index (κ3) is 4.89. The van der Waals surface area contributed by atoms with Crippen molar-refractivity contribution in [3.05, 3.63) is 83.6 Å². The molecule has 0 aliphatic carbocycles. The van der Waals surface area contributed by atoms with Crippen molar-refractivity contribution in [1.82, 2.24) is 19.6 Å². The van der Waals surface area contributed by atoms with Crippen LogP contribution in [-0.2, 0) is 14.1 Å². The highest BCUT2D eigenvalue weighted by molar-refractivity contribution is 6.35. The van der Waals surface area contributed by atoms with Crippen LogP contribution in [0.4, 0.5) is 17.1 Å². The maximum Gasteiger partial charge on any atom is 0.317 e. The Bertz CT molecular complexity index is 1240. The zero-order chi connectivity index (χ0) is 24.4. The van der Waals surface area contributed by atoms with Gasteiger partial charge in [-0.15, -0.1) is 0 Å². The van der Waals surface area contributed by atoms with E-state index in [1.807, 2.05) is 0 Å². The second-order valence-corrected chi connectivity index (χ2v) is 7.88. The van der Waals surface area contributed by atoms with Crippen molar-refractivity contribution < 1.29 is 9.85 Å². The zero-order valence-corrected chi connectivity index (χ0v) is 19.6. The lowest BCUT2D eigenvalue weighted by molar-refractivity contribution is -0.385. The smallest absolute Gasteiger partial charge is 0.317 e. The van der Waals surface area contributed by atoms with Crippen molar-refractivity contribution >= 4 is 52.4 Å². The molecule has 0 N–H and O–H groups in total. The minimum atomic E-state index is -0.504. The third-order valence-corrected chi connectivity index (χ3v) is 5.36. The Morgan fingerprint density at radius 3 is 1.79 bits per heavy atom. The standard InChI is InChI=1S/C20H19Cl2N7O4/c1-12-19(28(30)31)16(25(3)23-12)7-9-27(18-11-14(21)5-6-15(18)22)10-8-17-20(29(32)33)13(2)24-26(17)4/h5-11H,1-4H3/b9-7+,10-8+. The predicted octanol–water partition coefficient (Wildman–Crippen LogP) is 5.04. The van der Waals surface area contributed by atoms with E-state index in [1.165, 1.54) is 33.9 Å². The van der Waals surface area contributed by atoms with Gasteiger partial charge in [-0.2, -0.15) is 10.2 Å². The monoisotopic (exact) mass is 491 g/mol. The molecule has 13 heteroatoms. The molecule has 0 spiro atoms. The minimum Gasteiger partial charge on any atom is -0.322 e. The van der Waals surface area contributed by atoms with Crippen molar-refractivity contribution in [3.8, 4) is 0 Å². The van der Waals surface area contributed by atoms with E-state index in [0.717, 1.165) is 0 Å². The molecule has 0 amide bonds. The van der Waals surface area contributed by atoms with Gasteiger partial charge >= 0.3 is 11.4 Å². The van der Waals surface area contributed by atoms with E-state index >= 15 is 0 Å². The van der Waals surface area contributed by atoms with Crippen LogP contribution in [-0.4, -0.2) is 29.4 Å². The Balaban J connectivity index is 2.13. The van der Waals surface area contributed by atoms with Crippen LogP contribution in [0.25, 0.3) is 12.2 Å². The fraction of sp³-hybridized carbons (Fsp3) is 0.200. The molecule has 33 heavy (non-hydrogen) atoms. The first-order valence-corrected chi connectivity index (χ1v) is 10.2. The maximum atomic E-state index is 11.5. The largest absolute Gasteiger partial charge is 0.322 e. The lowest BCUT2D eigenvalue weighted by Crippen LogP contribution is -2.08. The number of hydrogen-bond acceptors (Lipinski definition) is 7. The van der Waals surface area contributed by atoms with Gasteiger partial charge in [-0.1, -0.05) is 23.2 Å². The predicted molar refractivity (Wildman–Crippen MR) is 126 cm³/mol. The van der Waals surface area contributed by atoms with Gasteiger partial charge in [0.05, 0.1) is 20.6 Å². The van der Waals surface area contributed by atoms with Gasteiger partial charge in [-0.3, -0.25) is 29.6 Å². The average Bonchev–Trinajstić information content (AvgIpc) is 3.17. The topological polar surface area (TPSA) is 125 Å². The molecule has 2 heterocycles. The normalized spacial score (nSPS) is 11.6. The van der Waals surface area contributed by atoms with E-state index in [-0.39, 0.29) is 34.2 Å². The van der Waals surface area contributed by atoms with E-state index in [2.05, 4.69) is 10.2 Å². The van der Waals surface area contributed by atoms with E-state index < -0.39 is 9.85 Å². The van der Waals surface area contributed by atoms with Crippen LogP contribution in [0.1, 0.15) is 22.8 Å². The fourth-order valence-electron chi connectivity index (χ4n) is 3.35. The Morgan fingerprint density at radius 2 is 1.36 bits per heavy atom. The number of nitro groups is 2. The summed E-state index contributed by atoms with van der Waals surface area (Å²) in [5, 5.41) is 32.0. The van der Waals surface area contributed by atoms with Crippen LogP contribution in [0.3, 0.4) is 0 Å². The van der Waals surface area contributed by atoms with Crippen molar-refractivity contribution in [2.45, 2.75) is 13.8 Å². The number of nitrogens with zero attached hydrogens (tertiary/aromatic N) is 7. The molecule has 0 radical (unpaired) electrons. The number of aryl methyl sites for hydroxylation is 4. The number of aromatic nitrogens is 4. The van der Waals surface area contributed by atoms with Gasteiger partial charge in [0.1, 0.15) is 22.8 Å². The quantitative estimate of drug-likeness (QED) is 0.334. The molecule has 0 saturated carbocycles. The van der Waals surface area contributed by atoms with Gasteiger partial charge in [-0.05, 0) is 44.2 Å². The Kier molecular flexibility index (Phi) is 6.84. The molecular weight excluding hydrogens is 473 g/mol. The van der Waals surface area contributed by atoms with E-state index in [0.29, 0.717) is 15.7 Å². The average molecular weight is 492 g/mol. The van der Waals surface area contributed by atoms with Gasteiger partial charge in [0.15, 0.2) is 0 Å². The Morgan fingerprint density at radius 1 is 0.909 bits per heavy atom. The van der Waals surface area contributed by atoms with Gasteiger partial charge < -0.3 is 4.90 Å². The van der Waals surface area contributed by atoms with Crippen molar-refractivity contribution in [2.24, 2.45) is 14.1 Å². The van der Waals surface area contributed by atoms with Crippen LogP contribution < -0.4 is 4.90 Å². The molecule has 1 aromatic carbocycles. The Hall–Kier alpha value is -3.70. The summed E-state index contributed by atoms with van der Waals surface area (Å²) in [5.74, 6) is 0. The highest BCUT2D eigenvalue weighted by Gasteiger charge is 2.23. The molecular formula is C20H19Cl2N7O4. The Labute approximate surface area is 198 Å². The van der Waals surface area contributed by atoms with Crippen LogP contribution >= 0.6 is 23.2 Å². The third-order valence-electron chi connectivity index (χ3n) is 4.81. The highest BCUT2D eigenvalue weighted by atomic mass is 35.5. The second kappa shape index (κ2) is 9.43. The van der Waals surface area contributed by atoms with Gasteiger partial charge in [0.2, 0.25) is 0 Å². The molecule has 0 aliphatic rings. The maximum absolute atomic E-state index is 11.5. The number of hydrogen-bond donors (Lipinski definition) is 0. The molecule has 0 atom stereocenters. The summed E-state index contributed by atoms with van der Waals surface area (Å²) in [5.41, 5.74) is 1.25. The minimum absolute atomic E-state index is 0.132. The second-order valence-electron chi connectivity index (χ2n) is 7.03. The molecule has 3 rings (SSSR count). The summed E-state index contributed by atoms with van der Waals surface area (Å²) in [4.78, 5) is 23.5. The molecule has 11 nitrogen and oxygen atoms in total. The van der Waals surface area contributed by atoms with Gasteiger partial charge in [0, 0.05) is 31.5 Å². The van der Waals surface area contributed by atoms with Crippen LogP contribution in [0.5, 0.6) is 0 Å². The first kappa shape index (κ1) is 24.0. The number of halogens is 2. The summed E-state index contributed by atoms with van der Waals surface area (Å²) >= 11 is 12.5. The molecule has 0 bridgehead atoms. The van der Waals surface area contributed by atoms with Crippen LogP contribution in [0.15, 0.2) is 30.6 Å². The fourth-order valence-corrected chi connectivity index (χ4v) is 3.73. The first-order valence-electron chi connectivity index (χ1n) is 9.47. The van der Waals surface area contributed by atoms with E-state index in [4.69, 9.17) is 23.2 Å². The summed E-state index contributed by atoms with van der Waals surface area (Å²) in [7, 11) is 3.18. The van der Waals surface area contributed by atoms with Crippen LogP contribution in [0.2, 0.25) is 10.0 Å². The van der Waals surface area contributed by atoms with Crippen molar-refractivity contribution in [3.63, 3.8) is 0 Å². The molecule has 0 saturated heterocycles. The summed E-state index contributed by atoms with van der Waals surface area (Å²) < 4.78 is 2.78. The molecule has 2 aromatic heterocycles. The molecule has 0 unspecified atom stereocenters. The number of benzene rings is 1. The van der Waals surface area contributed by atoms with E-state index in [1.54, 1.807) is 51.0 Å². The van der Waals surface area contributed by atoms with Crippen LogP contribution in [0, 0.1) is 34.1 Å². The molecule has 0 aliphatic heterocycles. The highest BCUT2D eigenvalue weighted by Crippen LogP contribution is 2.32. The summed E-state index contributed by atoms with van der Waals surface area (Å²) in [6.45, 7) is 3.09. The lowest BCUT2D eigenvalue weighted by atomic mass is 10.2. The lowest BCUT2D eigenvalue weighted by Gasteiger charge is -2.17.